The minimum absolute atomic E-state index is 0.133. The van der Waals surface area contributed by atoms with Crippen molar-refractivity contribution in [2.45, 2.75) is 19.9 Å². The van der Waals surface area contributed by atoms with Gasteiger partial charge >= 0.3 is 11.9 Å². The molecule has 7 heteroatoms. The molecule has 0 radical (unpaired) electrons. The third kappa shape index (κ3) is 3.77. The lowest BCUT2D eigenvalue weighted by Crippen LogP contribution is -2.44. The number of hydrogen-bond donors (Lipinski definition) is 3. The van der Waals surface area contributed by atoms with Crippen LogP contribution in [0.5, 0.6) is 0 Å². The molecule has 1 atom stereocenters. The van der Waals surface area contributed by atoms with Crippen LogP contribution in [0.1, 0.15) is 34.8 Å². The summed E-state index contributed by atoms with van der Waals surface area (Å²) in [6, 6.07) is 2.89. The quantitative estimate of drug-likeness (QED) is 0.719. The van der Waals surface area contributed by atoms with Crippen LogP contribution in [0, 0.1) is 5.92 Å². The highest BCUT2D eigenvalue weighted by molar-refractivity contribution is 5.96. The average Bonchev–Trinajstić information content (AvgIpc) is 2.34. The number of aromatic carboxylic acids is 1. The highest BCUT2D eigenvalue weighted by Crippen LogP contribution is 2.05. The second kappa shape index (κ2) is 5.94. The molecule has 0 aliphatic carbocycles. The fourth-order valence-electron chi connectivity index (χ4n) is 1.41. The van der Waals surface area contributed by atoms with Crippen molar-refractivity contribution >= 4 is 17.8 Å². The lowest BCUT2D eigenvalue weighted by atomic mass is 10.0. The number of hydrogen-bond acceptors (Lipinski definition) is 4. The Morgan fingerprint density at radius 2 is 1.74 bits per heavy atom. The van der Waals surface area contributed by atoms with Gasteiger partial charge in [0.1, 0.15) is 17.4 Å². The van der Waals surface area contributed by atoms with Gasteiger partial charge in [-0.25, -0.2) is 14.6 Å². The summed E-state index contributed by atoms with van der Waals surface area (Å²) in [5.41, 5.74) is -0.407. The van der Waals surface area contributed by atoms with E-state index >= 15 is 0 Å². The van der Waals surface area contributed by atoms with Crippen LogP contribution in [0.4, 0.5) is 0 Å². The molecule has 0 bridgehead atoms. The number of carbonyl (C=O) groups is 3. The molecule has 102 valence electrons. The van der Waals surface area contributed by atoms with Crippen molar-refractivity contribution in [2.24, 2.45) is 5.92 Å². The van der Waals surface area contributed by atoms with Gasteiger partial charge in [0.15, 0.2) is 0 Å². The number of nitrogens with zero attached hydrogens (tertiary/aromatic N) is 1. The Balaban J connectivity index is 2.91. The second-order valence-corrected chi connectivity index (χ2v) is 4.25. The van der Waals surface area contributed by atoms with Gasteiger partial charge in [0.05, 0.1) is 0 Å². The van der Waals surface area contributed by atoms with Crippen molar-refractivity contribution in [3.63, 3.8) is 0 Å². The molecule has 0 aromatic carbocycles. The van der Waals surface area contributed by atoms with Gasteiger partial charge in [0, 0.05) is 0 Å². The van der Waals surface area contributed by atoms with E-state index in [-0.39, 0.29) is 17.3 Å². The minimum Gasteiger partial charge on any atom is -0.480 e. The maximum atomic E-state index is 11.8. The molecule has 0 aliphatic rings. The normalized spacial score (nSPS) is 11.9. The molecule has 7 nitrogen and oxygen atoms in total. The SMILES string of the molecule is CC(C)[C@@H](NC(=O)c1cccc(C(=O)O)n1)C(=O)O. The number of rotatable bonds is 5. The van der Waals surface area contributed by atoms with Crippen molar-refractivity contribution in [3.05, 3.63) is 29.6 Å². The first-order chi connectivity index (χ1) is 8.82. The maximum absolute atomic E-state index is 11.8. The zero-order chi connectivity index (χ0) is 14.6. The maximum Gasteiger partial charge on any atom is 0.354 e. The van der Waals surface area contributed by atoms with Crippen LogP contribution in [0.2, 0.25) is 0 Å². The van der Waals surface area contributed by atoms with Crippen LogP contribution in [-0.2, 0) is 4.79 Å². The zero-order valence-corrected chi connectivity index (χ0v) is 10.5. The van der Waals surface area contributed by atoms with Gasteiger partial charge in [-0.2, -0.15) is 0 Å². The molecule has 0 fully saturated rings. The molecule has 19 heavy (non-hydrogen) atoms. The highest BCUT2D eigenvalue weighted by Gasteiger charge is 2.24. The van der Waals surface area contributed by atoms with E-state index in [9.17, 15) is 14.4 Å². The van der Waals surface area contributed by atoms with Gasteiger partial charge in [-0.1, -0.05) is 19.9 Å². The molecule has 0 aliphatic heterocycles. The molecule has 1 heterocycles. The van der Waals surface area contributed by atoms with Crippen LogP contribution in [0.25, 0.3) is 0 Å². The average molecular weight is 266 g/mol. The Hall–Kier alpha value is -2.44. The van der Waals surface area contributed by atoms with Crippen molar-refractivity contribution in [3.8, 4) is 0 Å². The number of amides is 1. The predicted octanol–water partition coefficient (Wildman–Crippen LogP) is 0.619. The molecule has 3 N–H and O–H groups in total. The van der Waals surface area contributed by atoms with E-state index in [1.807, 2.05) is 0 Å². The molecular weight excluding hydrogens is 252 g/mol. The van der Waals surface area contributed by atoms with E-state index in [1.54, 1.807) is 13.8 Å². The van der Waals surface area contributed by atoms with Crippen molar-refractivity contribution < 1.29 is 24.6 Å². The molecule has 1 aromatic heterocycles. The van der Waals surface area contributed by atoms with Crippen molar-refractivity contribution in [1.29, 1.82) is 0 Å². The van der Waals surface area contributed by atoms with Gasteiger partial charge < -0.3 is 15.5 Å². The fourth-order valence-corrected chi connectivity index (χ4v) is 1.41. The Bertz CT molecular complexity index is 513. The lowest BCUT2D eigenvalue weighted by molar-refractivity contribution is -0.140. The lowest BCUT2D eigenvalue weighted by Gasteiger charge is -2.17. The molecule has 0 spiro atoms. The van der Waals surface area contributed by atoms with Gasteiger partial charge in [0.25, 0.3) is 5.91 Å². The molecule has 1 amide bonds. The van der Waals surface area contributed by atoms with Crippen molar-refractivity contribution in [2.75, 3.05) is 0 Å². The van der Waals surface area contributed by atoms with Crippen LogP contribution < -0.4 is 5.32 Å². The zero-order valence-electron chi connectivity index (χ0n) is 10.5. The Morgan fingerprint density at radius 1 is 1.16 bits per heavy atom. The monoisotopic (exact) mass is 266 g/mol. The number of carbonyl (C=O) groups excluding carboxylic acids is 1. The smallest absolute Gasteiger partial charge is 0.354 e. The summed E-state index contributed by atoms with van der Waals surface area (Å²) in [5.74, 6) is -3.43. The summed E-state index contributed by atoms with van der Waals surface area (Å²) >= 11 is 0. The van der Waals surface area contributed by atoms with E-state index in [0.717, 1.165) is 0 Å². The fraction of sp³-hybridized carbons (Fsp3) is 0.333. The van der Waals surface area contributed by atoms with Crippen LogP contribution in [0.3, 0.4) is 0 Å². The van der Waals surface area contributed by atoms with Gasteiger partial charge in [-0.15, -0.1) is 0 Å². The first-order valence-electron chi connectivity index (χ1n) is 5.57. The first kappa shape index (κ1) is 14.6. The molecular formula is C12H14N2O5. The highest BCUT2D eigenvalue weighted by atomic mass is 16.4. The van der Waals surface area contributed by atoms with Crippen molar-refractivity contribution in [1.82, 2.24) is 10.3 Å². The molecule has 0 unspecified atom stereocenters. The van der Waals surface area contributed by atoms with Gasteiger partial charge in [0.2, 0.25) is 0 Å². The summed E-state index contributed by atoms with van der Waals surface area (Å²) in [6.07, 6.45) is 0. The predicted molar refractivity (Wildman–Crippen MR) is 64.9 cm³/mol. The Labute approximate surface area is 109 Å². The minimum atomic E-state index is -1.26. The number of pyridine rings is 1. The van der Waals surface area contributed by atoms with Crippen LogP contribution in [0.15, 0.2) is 18.2 Å². The molecule has 0 saturated carbocycles. The molecule has 1 rings (SSSR count). The summed E-state index contributed by atoms with van der Waals surface area (Å²) in [7, 11) is 0. The van der Waals surface area contributed by atoms with E-state index in [4.69, 9.17) is 10.2 Å². The van der Waals surface area contributed by atoms with Crippen LogP contribution in [-0.4, -0.2) is 39.1 Å². The number of nitrogens with one attached hydrogen (secondary N) is 1. The van der Waals surface area contributed by atoms with Gasteiger partial charge in [-0.05, 0) is 18.1 Å². The molecule has 1 aromatic rings. The standard InChI is InChI=1S/C12H14N2O5/c1-6(2)9(12(18)19)14-10(15)7-4-3-5-8(13-7)11(16)17/h3-6,9H,1-2H3,(H,14,15)(H,16,17)(H,18,19)/t9-/m1/s1. The summed E-state index contributed by atoms with van der Waals surface area (Å²) < 4.78 is 0. The van der Waals surface area contributed by atoms with E-state index in [2.05, 4.69) is 10.3 Å². The number of aliphatic carboxylic acids is 1. The first-order valence-corrected chi connectivity index (χ1v) is 5.57. The largest absolute Gasteiger partial charge is 0.480 e. The third-order valence-corrected chi connectivity index (χ3v) is 2.42. The molecule has 0 saturated heterocycles. The van der Waals surface area contributed by atoms with Crippen LogP contribution >= 0.6 is 0 Å². The summed E-state index contributed by atoms with van der Waals surface area (Å²) in [6.45, 7) is 3.31. The van der Waals surface area contributed by atoms with E-state index in [1.165, 1.54) is 18.2 Å². The van der Waals surface area contributed by atoms with E-state index < -0.39 is 23.9 Å². The summed E-state index contributed by atoms with van der Waals surface area (Å²) in [5, 5.41) is 20.0. The summed E-state index contributed by atoms with van der Waals surface area (Å²) in [4.78, 5) is 37.1. The Kier molecular flexibility index (Phi) is 4.57. The number of carboxylic acids is 2. The number of carboxylic acid groups (broad SMARTS) is 2. The topological polar surface area (TPSA) is 117 Å². The van der Waals surface area contributed by atoms with Gasteiger partial charge in [-0.3, -0.25) is 4.79 Å². The van der Waals surface area contributed by atoms with E-state index in [0.29, 0.717) is 0 Å². The number of aromatic nitrogens is 1. The third-order valence-electron chi connectivity index (χ3n) is 2.42. The second-order valence-electron chi connectivity index (χ2n) is 4.25. The Morgan fingerprint density at radius 3 is 2.21 bits per heavy atom.